The quantitative estimate of drug-likeness (QED) is 0.678. The zero-order valence-electron chi connectivity index (χ0n) is 7.70. The molecule has 0 fully saturated rings. The Morgan fingerprint density at radius 3 is 2.71 bits per heavy atom. The Hall–Kier alpha value is -0.680. The maximum Gasteiger partial charge on any atom is 0.327 e. The Kier molecular flexibility index (Phi) is 7.32. The second-order valence-electron chi connectivity index (χ2n) is 2.49. The second kappa shape index (κ2) is 7.70. The fourth-order valence-electron chi connectivity index (χ4n) is 0.710. The average Bonchev–Trinajstić information content (AvgIpc) is 2.09. The zero-order valence-corrected chi connectivity index (χ0v) is 9.27. The predicted octanol–water partition coefficient (Wildman–Crippen LogP) is 1.06. The fraction of sp³-hybridized carbons (Fsp3) is 0.500. The molecule has 6 heteroatoms. The summed E-state index contributed by atoms with van der Waals surface area (Å²) in [5.41, 5.74) is 1.38. The lowest BCUT2D eigenvalue weighted by atomic mass is 10.3. The Morgan fingerprint density at radius 1 is 1.64 bits per heavy atom. The van der Waals surface area contributed by atoms with Gasteiger partial charge in [-0.15, -0.1) is 0 Å². The number of carboxylic acid groups (broad SMARTS) is 1. The summed E-state index contributed by atoms with van der Waals surface area (Å²) in [5.74, 6) is -0.406. The van der Waals surface area contributed by atoms with Gasteiger partial charge in [-0.3, -0.25) is 4.79 Å². The van der Waals surface area contributed by atoms with Gasteiger partial charge in [0.2, 0.25) is 5.91 Å². The van der Waals surface area contributed by atoms with Crippen LogP contribution in [0.4, 0.5) is 0 Å². The van der Waals surface area contributed by atoms with E-state index in [1.807, 2.05) is 0 Å². The number of thioether (sulfide) groups is 1. The van der Waals surface area contributed by atoms with Crippen molar-refractivity contribution in [3.8, 4) is 0 Å². The summed E-state index contributed by atoms with van der Waals surface area (Å²) in [6, 6.07) is -0.832. The van der Waals surface area contributed by atoms with Gasteiger partial charge in [0, 0.05) is 24.0 Å². The maximum atomic E-state index is 10.6. The lowest BCUT2D eigenvalue weighted by molar-refractivity contribution is -0.140. The summed E-state index contributed by atoms with van der Waals surface area (Å²) >= 11 is 6.67. The third kappa shape index (κ3) is 6.80. The van der Waals surface area contributed by atoms with Gasteiger partial charge in [-0.25, -0.2) is 4.79 Å². The van der Waals surface area contributed by atoms with Crippen LogP contribution in [0.25, 0.3) is 0 Å². The molecule has 0 unspecified atom stereocenters. The van der Waals surface area contributed by atoms with Crippen molar-refractivity contribution in [1.29, 1.82) is 0 Å². The van der Waals surface area contributed by atoms with E-state index in [0.29, 0.717) is 11.5 Å². The fourth-order valence-corrected chi connectivity index (χ4v) is 1.74. The standard InChI is InChI=1S/C8H12ClNO3S/c1-6(11)10-7(8(12)13)5-14-4-2-3-9/h2-3,7H,4-5H2,1H3,(H,10,11)(H,12,13)/b3-2-/t7-/m1/s1. The van der Waals surface area contributed by atoms with Crippen LogP contribution in [-0.2, 0) is 9.59 Å². The first-order valence-corrected chi connectivity index (χ1v) is 5.50. The third-order valence-corrected chi connectivity index (χ3v) is 2.44. The molecule has 1 atom stereocenters. The van der Waals surface area contributed by atoms with Crippen LogP contribution in [0.1, 0.15) is 6.92 Å². The van der Waals surface area contributed by atoms with Crippen molar-refractivity contribution < 1.29 is 14.7 Å². The van der Waals surface area contributed by atoms with Gasteiger partial charge >= 0.3 is 5.97 Å². The maximum absolute atomic E-state index is 10.6. The first kappa shape index (κ1) is 13.3. The summed E-state index contributed by atoms with van der Waals surface area (Å²) in [6.45, 7) is 1.29. The van der Waals surface area contributed by atoms with E-state index in [4.69, 9.17) is 16.7 Å². The molecule has 0 bridgehead atoms. The minimum absolute atomic E-state index is 0.330. The van der Waals surface area contributed by atoms with Gasteiger partial charge < -0.3 is 10.4 Å². The average molecular weight is 238 g/mol. The van der Waals surface area contributed by atoms with Crippen LogP contribution < -0.4 is 5.32 Å². The van der Waals surface area contributed by atoms with Crippen molar-refractivity contribution in [2.45, 2.75) is 13.0 Å². The van der Waals surface area contributed by atoms with Gasteiger partial charge in [0.15, 0.2) is 0 Å². The van der Waals surface area contributed by atoms with Crippen LogP contribution in [0, 0.1) is 0 Å². The Balaban J connectivity index is 3.85. The Labute approximate surface area is 91.7 Å². The summed E-state index contributed by atoms with van der Waals surface area (Å²) < 4.78 is 0. The zero-order chi connectivity index (χ0) is 11.0. The van der Waals surface area contributed by atoms with E-state index < -0.39 is 12.0 Å². The SMILES string of the molecule is CC(=O)N[C@H](CSC/C=C\Cl)C(=O)O. The number of carbonyl (C=O) groups is 2. The molecule has 0 saturated heterocycles. The van der Waals surface area contributed by atoms with Crippen LogP contribution in [0.3, 0.4) is 0 Å². The normalized spacial score (nSPS) is 12.7. The van der Waals surface area contributed by atoms with E-state index >= 15 is 0 Å². The van der Waals surface area contributed by atoms with Crippen molar-refractivity contribution in [3.63, 3.8) is 0 Å². The summed E-state index contributed by atoms with van der Waals surface area (Å²) in [5, 5.41) is 11.0. The van der Waals surface area contributed by atoms with E-state index in [1.165, 1.54) is 24.2 Å². The molecule has 0 aromatic heterocycles. The number of carbonyl (C=O) groups excluding carboxylic acids is 1. The molecule has 0 aromatic carbocycles. The predicted molar refractivity (Wildman–Crippen MR) is 57.6 cm³/mol. The van der Waals surface area contributed by atoms with Gasteiger partial charge in [0.25, 0.3) is 0 Å². The number of hydrogen-bond donors (Lipinski definition) is 2. The minimum atomic E-state index is -1.03. The van der Waals surface area contributed by atoms with E-state index in [1.54, 1.807) is 6.08 Å². The molecule has 0 aromatic rings. The molecule has 2 N–H and O–H groups in total. The molecule has 1 amide bonds. The molecule has 80 valence electrons. The van der Waals surface area contributed by atoms with Crippen LogP contribution in [0.15, 0.2) is 11.6 Å². The monoisotopic (exact) mass is 237 g/mol. The molecular weight excluding hydrogens is 226 g/mol. The number of rotatable bonds is 6. The Bertz CT molecular complexity index is 233. The van der Waals surface area contributed by atoms with Gasteiger partial charge in [-0.1, -0.05) is 17.7 Å². The molecule has 0 rings (SSSR count). The molecule has 0 heterocycles. The smallest absolute Gasteiger partial charge is 0.327 e. The molecule has 0 spiro atoms. The Morgan fingerprint density at radius 2 is 2.29 bits per heavy atom. The highest BCUT2D eigenvalue weighted by Crippen LogP contribution is 2.04. The highest BCUT2D eigenvalue weighted by atomic mass is 35.5. The van der Waals surface area contributed by atoms with Gasteiger partial charge in [-0.2, -0.15) is 11.8 Å². The van der Waals surface area contributed by atoms with E-state index in [-0.39, 0.29) is 5.91 Å². The molecule has 0 aliphatic heterocycles. The first-order chi connectivity index (χ1) is 6.57. The summed E-state index contributed by atoms with van der Waals surface area (Å²) in [4.78, 5) is 21.3. The molecule has 14 heavy (non-hydrogen) atoms. The lowest BCUT2D eigenvalue weighted by Crippen LogP contribution is -2.41. The lowest BCUT2D eigenvalue weighted by Gasteiger charge is -2.11. The van der Waals surface area contributed by atoms with Gasteiger partial charge in [-0.05, 0) is 0 Å². The third-order valence-electron chi connectivity index (χ3n) is 1.26. The number of amides is 1. The van der Waals surface area contributed by atoms with Crippen LogP contribution >= 0.6 is 23.4 Å². The number of carboxylic acids is 1. The minimum Gasteiger partial charge on any atom is -0.480 e. The molecule has 0 saturated carbocycles. The number of aliphatic carboxylic acids is 1. The van der Waals surface area contributed by atoms with Crippen molar-refractivity contribution in [2.24, 2.45) is 0 Å². The number of hydrogen-bond acceptors (Lipinski definition) is 3. The number of nitrogens with one attached hydrogen (secondary N) is 1. The molecule has 0 radical (unpaired) electrons. The van der Waals surface area contributed by atoms with Crippen molar-refractivity contribution in [1.82, 2.24) is 5.32 Å². The van der Waals surface area contributed by atoms with Gasteiger partial charge in [0.1, 0.15) is 6.04 Å². The second-order valence-corrected chi connectivity index (χ2v) is 3.82. The van der Waals surface area contributed by atoms with Crippen molar-refractivity contribution in [2.75, 3.05) is 11.5 Å². The van der Waals surface area contributed by atoms with E-state index in [9.17, 15) is 9.59 Å². The van der Waals surface area contributed by atoms with E-state index in [2.05, 4.69) is 5.32 Å². The largest absolute Gasteiger partial charge is 0.480 e. The topological polar surface area (TPSA) is 66.4 Å². The summed E-state index contributed by atoms with van der Waals surface area (Å²) in [6.07, 6.45) is 1.71. The highest BCUT2D eigenvalue weighted by molar-refractivity contribution is 7.99. The van der Waals surface area contributed by atoms with Crippen molar-refractivity contribution in [3.05, 3.63) is 11.6 Å². The summed E-state index contributed by atoms with van der Waals surface area (Å²) in [7, 11) is 0. The van der Waals surface area contributed by atoms with Crippen LogP contribution in [0.2, 0.25) is 0 Å². The van der Waals surface area contributed by atoms with Crippen molar-refractivity contribution >= 4 is 35.2 Å². The van der Waals surface area contributed by atoms with Gasteiger partial charge in [0.05, 0.1) is 0 Å². The number of halogens is 1. The molecule has 4 nitrogen and oxygen atoms in total. The molecular formula is C8H12ClNO3S. The molecule has 0 aliphatic rings. The van der Waals surface area contributed by atoms with Crippen LogP contribution in [0.5, 0.6) is 0 Å². The molecule has 0 aliphatic carbocycles. The first-order valence-electron chi connectivity index (χ1n) is 3.90. The van der Waals surface area contributed by atoms with E-state index in [0.717, 1.165) is 0 Å². The van der Waals surface area contributed by atoms with Crippen LogP contribution in [-0.4, -0.2) is 34.5 Å². The highest BCUT2D eigenvalue weighted by Gasteiger charge is 2.17.